The Morgan fingerprint density at radius 1 is 0.280 bits per heavy atom. The second kappa shape index (κ2) is 61.8. The molecule has 0 amide bonds. The molecule has 1 unspecified atom stereocenters. The van der Waals surface area contributed by atoms with E-state index >= 15 is 0 Å². The van der Waals surface area contributed by atoms with Crippen LogP contribution in [0.1, 0.15) is 252 Å². The van der Waals surface area contributed by atoms with Crippen molar-refractivity contribution in [2.75, 3.05) is 13.2 Å². The van der Waals surface area contributed by atoms with Gasteiger partial charge in [0.05, 0.1) is 0 Å². The maximum atomic E-state index is 12.9. The zero-order valence-electron chi connectivity index (χ0n) is 48.3. The zero-order valence-corrected chi connectivity index (χ0v) is 48.3. The number of ether oxygens (including phenoxy) is 3. The van der Waals surface area contributed by atoms with Crippen molar-refractivity contribution in [1.82, 2.24) is 0 Å². The standard InChI is InChI=1S/C69H110O6/c1-4-7-10-13-16-19-22-24-26-28-30-32-33-34-35-37-38-40-42-44-47-50-53-56-59-62-68(71)74-65-66(64-73-67(70)61-58-55-52-49-46-21-18-15-12-9-6-3)75-69(72)63-60-57-54-51-48-45-43-41-39-36-31-29-27-25-23-20-17-14-11-8-5-2/h7-8,10-11,15-20,24-27,30-32,34-36,38,40-41,43,66H,4-6,9,12-14,21-23,28-29,33,37,39,42,44-65H2,1-3H3/b10-7-,11-8-,18-15-,19-16-,20-17-,26-24-,27-25-,32-30-,35-34-,36-31-,40-38-,43-41-. The smallest absolute Gasteiger partial charge is 0.306 e. The minimum atomic E-state index is -0.805. The molecule has 0 fully saturated rings. The van der Waals surface area contributed by atoms with Crippen LogP contribution in [0.15, 0.2) is 146 Å². The van der Waals surface area contributed by atoms with Gasteiger partial charge in [-0.15, -0.1) is 0 Å². The molecule has 0 rings (SSSR count). The lowest BCUT2D eigenvalue weighted by molar-refractivity contribution is -0.167. The van der Waals surface area contributed by atoms with Gasteiger partial charge in [0.1, 0.15) is 13.2 Å². The maximum absolute atomic E-state index is 12.9. The van der Waals surface area contributed by atoms with Gasteiger partial charge in [0.2, 0.25) is 0 Å². The quantitative estimate of drug-likeness (QED) is 0.0261. The summed E-state index contributed by atoms with van der Waals surface area (Å²) in [5, 5.41) is 0. The lowest BCUT2D eigenvalue weighted by Crippen LogP contribution is -2.30. The summed E-state index contributed by atoms with van der Waals surface area (Å²) >= 11 is 0. The molecule has 0 spiro atoms. The molecule has 0 aromatic carbocycles. The molecule has 0 aromatic rings. The minimum absolute atomic E-state index is 0.101. The Bertz CT molecular complexity index is 1660. The van der Waals surface area contributed by atoms with Gasteiger partial charge in [-0.2, -0.15) is 0 Å². The van der Waals surface area contributed by atoms with Crippen LogP contribution in [0.5, 0.6) is 0 Å². The fourth-order valence-corrected chi connectivity index (χ4v) is 7.81. The molecule has 0 aliphatic heterocycles. The van der Waals surface area contributed by atoms with Crippen LogP contribution in [-0.4, -0.2) is 37.2 Å². The number of carbonyl (C=O) groups excluding carboxylic acids is 3. The Morgan fingerprint density at radius 3 is 0.827 bits per heavy atom. The Hall–Kier alpha value is -4.71. The monoisotopic (exact) mass is 1030 g/mol. The van der Waals surface area contributed by atoms with Crippen molar-refractivity contribution >= 4 is 17.9 Å². The van der Waals surface area contributed by atoms with Gasteiger partial charge in [-0.3, -0.25) is 14.4 Å². The number of esters is 3. The predicted molar refractivity (Wildman–Crippen MR) is 325 cm³/mol. The molecule has 0 aliphatic carbocycles. The molecule has 6 nitrogen and oxygen atoms in total. The Balaban J connectivity index is 4.41. The van der Waals surface area contributed by atoms with Crippen molar-refractivity contribution in [2.45, 2.75) is 258 Å². The highest BCUT2D eigenvalue weighted by Crippen LogP contribution is 2.14. The average molecular weight is 1040 g/mol. The molecule has 0 aromatic heterocycles. The van der Waals surface area contributed by atoms with E-state index in [0.29, 0.717) is 19.3 Å². The SMILES string of the molecule is CC/C=C\C/C=C\C/C=C\C/C=C\C/C=C\C/C=C\CCCCCCCCC(=O)OCC(COC(=O)CCCCCCC/C=C\CCCC)OC(=O)CCCCCCC/C=C\C/C=C\C/C=C\C/C=C\C/C=C\CC. The fraction of sp³-hybridized carbons (Fsp3) is 0.609. The van der Waals surface area contributed by atoms with Gasteiger partial charge >= 0.3 is 17.9 Å². The summed E-state index contributed by atoms with van der Waals surface area (Å²) in [4.78, 5) is 38.2. The van der Waals surface area contributed by atoms with E-state index in [1.807, 2.05) is 0 Å². The van der Waals surface area contributed by atoms with Gasteiger partial charge in [0, 0.05) is 19.3 Å². The molecule has 422 valence electrons. The lowest BCUT2D eigenvalue weighted by atomic mass is 10.1. The largest absolute Gasteiger partial charge is 0.462 e. The van der Waals surface area contributed by atoms with Gasteiger partial charge in [-0.1, -0.05) is 244 Å². The summed E-state index contributed by atoms with van der Waals surface area (Å²) in [7, 11) is 0. The van der Waals surface area contributed by atoms with Crippen molar-refractivity contribution in [2.24, 2.45) is 0 Å². The van der Waals surface area contributed by atoms with E-state index in [1.54, 1.807) is 0 Å². The number of allylic oxidation sites excluding steroid dienone is 24. The third-order valence-corrected chi connectivity index (χ3v) is 12.3. The molecular weight excluding hydrogens is 925 g/mol. The topological polar surface area (TPSA) is 78.9 Å². The lowest BCUT2D eigenvalue weighted by Gasteiger charge is -2.18. The number of carbonyl (C=O) groups is 3. The van der Waals surface area contributed by atoms with Gasteiger partial charge in [0.15, 0.2) is 6.10 Å². The van der Waals surface area contributed by atoms with Crippen LogP contribution in [-0.2, 0) is 28.6 Å². The molecule has 0 aliphatic rings. The third kappa shape index (κ3) is 60.0. The first-order chi connectivity index (χ1) is 37.0. The molecule has 0 saturated carbocycles. The number of rotatable bonds is 53. The summed E-state index contributed by atoms with van der Waals surface area (Å²) in [5.41, 5.74) is 0. The van der Waals surface area contributed by atoms with E-state index in [9.17, 15) is 14.4 Å². The number of hydrogen-bond acceptors (Lipinski definition) is 6. The molecule has 1 atom stereocenters. The fourth-order valence-electron chi connectivity index (χ4n) is 7.81. The molecule has 0 N–H and O–H groups in total. The first-order valence-corrected chi connectivity index (χ1v) is 30.3. The van der Waals surface area contributed by atoms with Crippen LogP contribution >= 0.6 is 0 Å². The Kier molecular flexibility index (Phi) is 58.0. The van der Waals surface area contributed by atoms with Crippen molar-refractivity contribution in [1.29, 1.82) is 0 Å². The van der Waals surface area contributed by atoms with Gasteiger partial charge in [-0.05, 0) is 135 Å². The van der Waals surface area contributed by atoms with Crippen LogP contribution in [0.3, 0.4) is 0 Å². The van der Waals surface area contributed by atoms with E-state index < -0.39 is 6.10 Å². The highest BCUT2D eigenvalue weighted by molar-refractivity contribution is 5.71. The van der Waals surface area contributed by atoms with Crippen LogP contribution in [0.2, 0.25) is 0 Å². The summed E-state index contributed by atoms with van der Waals surface area (Å²) in [6.07, 6.45) is 88.4. The van der Waals surface area contributed by atoms with Crippen molar-refractivity contribution < 1.29 is 28.6 Å². The van der Waals surface area contributed by atoms with E-state index in [1.165, 1.54) is 38.5 Å². The second-order valence-electron chi connectivity index (χ2n) is 19.5. The molecule has 0 saturated heterocycles. The minimum Gasteiger partial charge on any atom is -0.462 e. The van der Waals surface area contributed by atoms with Crippen LogP contribution in [0.4, 0.5) is 0 Å². The second-order valence-corrected chi connectivity index (χ2v) is 19.5. The predicted octanol–water partition coefficient (Wildman–Crippen LogP) is 20.8. The molecule has 0 radical (unpaired) electrons. The summed E-state index contributed by atoms with van der Waals surface area (Å²) < 4.78 is 16.8. The summed E-state index contributed by atoms with van der Waals surface area (Å²) in [6, 6.07) is 0. The number of hydrogen-bond donors (Lipinski definition) is 0. The first kappa shape index (κ1) is 70.3. The molecule has 0 bridgehead atoms. The summed E-state index contributed by atoms with van der Waals surface area (Å²) in [5.74, 6) is -0.948. The number of unbranched alkanes of at least 4 members (excludes halogenated alkanes) is 18. The van der Waals surface area contributed by atoms with Crippen molar-refractivity contribution in [3.05, 3.63) is 146 Å². The molecule has 6 heteroatoms. The molecule has 0 heterocycles. The highest BCUT2D eigenvalue weighted by Gasteiger charge is 2.19. The van der Waals surface area contributed by atoms with Crippen LogP contribution in [0.25, 0.3) is 0 Å². The Labute approximate surface area is 461 Å². The van der Waals surface area contributed by atoms with E-state index in [-0.39, 0.29) is 31.1 Å². The molecule has 75 heavy (non-hydrogen) atoms. The zero-order chi connectivity index (χ0) is 54.3. The van der Waals surface area contributed by atoms with E-state index in [4.69, 9.17) is 14.2 Å². The first-order valence-electron chi connectivity index (χ1n) is 30.3. The van der Waals surface area contributed by atoms with Crippen molar-refractivity contribution in [3.63, 3.8) is 0 Å². The maximum Gasteiger partial charge on any atom is 0.306 e. The summed E-state index contributed by atoms with van der Waals surface area (Å²) in [6.45, 7) is 6.33. The van der Waals surface area contributed by atoms with Crippen LogP contribution < -0.4 is 0 Å². The average Bonchev–Trinajstić information content (AvgIpc) is 3.41. The Morgan fingerprint density at radius 2 is 0.520 bits per heavy atom. The van der Waals surface area contributed by atoms with Crippen LogP contribution in [0, 0.1) is 0 Å². The molecular formula is C69H110O6. The van der Waals surface area contributed by atoms with Gasteiger partial charge in [0.25, 0.3) is 0 Å². The van der Waals surface area contributed by atoms with Gasteiger partial charge in [-0.25, -0.2) is 0 Å². The van der Waals surface area contributed by atoms with E-state index in [2.05, 4.69) is 167 Å². The van der Waals surface area contributed by atoms with Crippen molar-refractivity contribution in [3.8, 4) is 0 Å². The third-order valence-electron chi connectivity index (χ3n) is 12.3. The van der Waals surface area contributed by atoms with E-state index in [0.717, 1.165) is 173 Å². The highest BCUT2D eigenvalue weighted by atomic mass is 16.6. The van der Waals surface area contributed by atoms with Gasteiger partial charge < -0.3 is 14.2 Å². The normalized spacial score (nSPS) is 13.2.